The van der Waals surface area contributed by atoms with Gasteiger partial charge in [-0.15, -0.1) is 0 Å². The number of phenolic OH excluding ortho intramolecular Hbond substituents is 1. The van der Waals surface area contributed by atoms with E-state index in [1.165, 1.54) is 6.07 Å². The molecule has 2 fully saturated rings. The third-order valence-corrected chi connectivity index (χ3v) is 8.38. The lowest BCUT2D eigenvalue weighted by Gasteiger charge is -2.33. The van der Waals surface area contributed by atoms with Crippen LogP contribution in [0, 0.1) is 5.82 Å². The van der Waals surface area contributed by atoms with Gasteiger partial charge in [0, 0.05) is 53.1 Å². The second-order valence-corrected chi connectivity index (χ2v) is 11.3. The number of ether oxygens (including phenoxy) is 1. The minimum atomic E-state index is -0.612. The molecule has 0 unspecified atom stereocenters. The van der Waals surface area contributed by atoms with Gasteiger partial charge in [0.05, 0.1) is 5.02 Å². The molecule has 204 valence electrons. The molecule has 7 nitrogen and oxygen atoms in total. The molecule has 0 saturated carbocycles. The van der Waals surface area contributed by atoms with E-state index in [2.05, 4.69) is 34.1 Å². The molecule has 0 aliphatic carbocycles. The Labute approximate surface area is 236 Å². The number of anilines is 1. The number of piperazine rings is 1. The second kappa shape index (κ2) is 10.6. The Balaban J connectivity index is 1.54. The van der Waals surface area contributed by atoms with Crippen LogP contribution < -0.4 is 15.0 Å². The maximum absolute atomic E-state index is 16.6. The third-order valence-electron chi connectivity index (χ3n) is 7.77. The zero-order valence-electron chi connectivity index (χ0n) is 21.8. The Kier molecular flexibility index (Phi) is 7.14. The number of phenols is 1. The molecular weight excluding hydrogens is 540 g/mol. The standard InChI is InChI=1S/C29H30Cl2FN5O2/c1-16-14-37(10-8-33-16)28-21-13-23(31)25(20-12-19(38)11-17-5-3-7-22(30)24(17)20)26(32)27(21)34-29(35-28)39-15-18-6-4-9-36(18)2/h3,5,7,11-13,16,18,33,38H,4,6,8-10,14-15H2,1-2H3/t16-,18-/m0/s1. The molecule has 0 bridgehead atoms. The van der Waals surface area contributed by atoms with Crippen LogP contribution in [0.25, 0.3) is 32.8 Å². The van der Waals surface area contributed by atoms with Crippen molar-refractivity contribution in [2.75, 3.05) is 44.7 Å². The molecule has 2 aliphatic rings. The number of hydrogen-bond donors (Lipinski definition) is 2. The van der Waals surface area contributed by atoms with Gasteiger partial charge in [-0.3, -0.25) is 0 Å². The van der Waals surface area contributed by atoms with Gasteiger partial charge in [0.2, 0.25) is 0 Å². The van der Waals surface area contributed by atoms with Crippen molar-refractivity contribution >= 4 is 50.7 Å². The van der Waals surface area contributed by atoms with Gasteiger partial charge in [-0.05, 0) is 68.6 Å². The molecule has 3 aromatic carbocycles. The Morgan fingerprint density at radius 3 is 2.77 bits per heavy atom. The summed E-state index contributed by atoms with van der Waals surface area (Å²) < 4.78 is 22.7. The summed E-state index contributed by atoms with van der Waals surface area (Å²) in [5, 5.41) is 16.3. The van der Waals surface area contributed by atoms with Crippen molar-refractivity contribution in [3.8, 4) is 22.9 Å². The first-order chi connectivity index (χ1) is 18.8. The Bertz CT molecular complexity index is 1570. The second-order valence-electron chi connectivity index (χ2n) is 10.5. The molecule has 1 aromatic heterocycles. The summed E-state index contributed by atoms with van der Waals surface area (Å²) in [7, 11) is 2.08. The Morgan fingerprint density at radius 1 is 1.15 bits per heavy atom. The van der Waals surface area contributed by atoms with Gasteiger partial charge in [0.1, 0.15) is 23.7 Å². The van der Waals surface area contributed by atoms with Crippen LogP contribution in [0.2, 0.25) is 10.0 Å². The van der Waals surface area contributed by atoms with E-state index in [1.54, 1.807) is 24.3 Å². The van der Waals surface area contributed by atoms with Gasteiger partial charge in [0.25, 0.3) is 0 Å². The van der Waals surface area contributed by atoms with E-state index >= 15 is 4.39 Å². The molecule has 0 radical (unpaired) electrons. The normalized spacial score (nSPS) is 20.3. The smallest absolute Gasteiger partial charge is 0.319 e. The fraction of sp³-hybridized carbons (Fsp3) is 0.379. The number of likely N-dealkylation sites (N-methyl/N-ethyl adjacent to an activating group) is 1. The highest BCUT2D eigenvalue weighted by atomic mass is 35.5. The first-order valence-corrected chi connectivity index (χ1v) is 14.0. The van der Waals surface area contributed by atoms with Crippen molar-refractivity contribution < 1.29 is 14.2 Å². The van der Waals surface area contributed by atoms with Crippen molar-refractivity contribution in [3.05, 3.63) is 52.3 Å². The van der Waals surface area contributed by atoms with Crippen molar-refractivity contribution in [1.82, 2.24) is 20.2 Å². The van der Waals surface area contributed by atoms with Crippen molar-refractivity contribution in [3.63, 3.8) is 0 Å². The van der Waals surface area contributed by atoms with Crippen LogP contribution >= 0.6 is 23.2 Å². The van der Waals surface area contributed by atoms with Gasteiger partial charge in [-0.25, -0.2) is 4.39 Å². The number of likely N-dealkylation sites (tertiary alicyclic amines) is 1. The highest BCUT2D eigenvalue weighted by Gasteiger charge is 2.27. The Morgan fingerprint density at radius 2 is 2.00 bits per heavy atom. The van der Waals surface area contributed by atoms with Crippen LogP contribution in [-0.4, -0.2) is 71.9 Å². The number of benzene rings is 3. The zero-order chi connectivity index (χ0) is 27.3. The summed E-state index contributed by atoms with van der Waals surface area (Å²) in [6.07, 6.45) is 2.15. The predicted octanol–water partition coefficient (Wildman–Crippen LogP) is 5.87. The van der Waals surface area contributed by atoms with Crippen molar-refractivity contribution in [2.45, 2.75) is 31.8 Å². The van der Waals surface area contributed by atoms with Crippen molar-refractivity contribution in [2.24, 2.45) is 0 Å². The van der Waals surface area contributed by atoms with E-state index in [0.29, 0.717) is 52.3 Å². The van der Waals surface area contributed by atoms with Gasteiger partial charge >= 0.3 is 6.01 Å². The molecule has 39 heavy (non-hydrogen) atoms. The quantitative estimate of drug-likeness (QED) is 0.311. The molecule has 2 atom stereocenters. The molecule has 4 aromatic rings. The SMILES string of the molecule is C[C@H]1CN(c2nc(OC[C@@H]3CCCN3C)nc3c(F)c(-c4cc(O)cc5cccc(Cl)c45)c(Cl)cc23)CCN1. The maximum atomic E-state index is 16.6. The van der Waals surface area contributed by atoms with Crippen molar-refractivity contribution in [1.29, 1.82) is 0 Å². The fourth-order valence-corrected chi connectivity index (χ4v) is 6.34. The van der Waals surface area contributed by atoms with Gasteiger partial charge in [0.15, 0.2) is 5.82 Å². The lowest BCUT2D eigenvalue weighted by atomic mass is 9.96. The van der Waals surface area contributed by atoms with Crippen LogP contribution in [0.5, 0.6) is 11.8 Å². The van der Waals surface area contributed by atoms with Crippen LogP contribution in [0.3, 0.4) is 0 Å². The first kappa shape index (κ1) is 26.3. The Hall–Kier alpha value is -2.91. The fourth-order valence-electron chi connectivity index (χ4n) is 5.76. The predicted molar refractivity (Wildman–Crippen MR) is 155 cm³/mol. The van der Waals surface area contributed by atoms with Gasteiger partial charge in [-0.2, -0.15) is 9.97 Å². The highest BCUT2D eigenvalue weighted by Crippen LogP contribution is 2.44. The molecule has 3 heterocycles. The van der Waals surface area contributed by atoms with Crippen LogP contribution in [0.15, 0.2) is 36.4 Å². The van der Waals surface area contributed by atoms with E-state index in [1.807, 2.05) is 6.07 Å². The summed E-state index contributed by atoms with van der Waals surface area (Å²) in [6, 6.07) is 10.7. The lowest BCUT2D eigenvalue weighted by molar-refractivity contribution is 0.188. The number of nitrogens with zero attached hydrogens (tertiary/aromatic N) is 4. The maximum Gasteiger partial charge on any atom is 0.319 e. The van der Waals surface area contributed by atoms with E-state index in [9.17, 15) is 5.11 Å². The number of aromatic hydroxyl groups is 1. The van der Waals surface area contributed by atoms with Crippen LogP contribution in [-0.2, 0) is 0 Å². The molecule has 2 saturated heterocycles. The molecule has 6 rings (SSSR count). The number of hydrogen-bond acceptors (Lipinski definition) is 7. The van der Waals surface area contributed by atoms with Gasteiger partial charge in [-0.1, -0.05) is 35.3 Å². The van der Waals surface area contributed by atoms with E-state index in [4.69, 9.17) is 32.9 Å². The summed E-state index contributed by atoms with van der Waals surface area (Å²) in [6.45, 7) is 5.73. The molecule has 0 amide bonds. The number of rotatable bonds is 5. The van der Waals surface area contributed by atoms with Crippen LogP contribution in [0.1, 0.15) is 19.8 Å². The molecule has 2 aliphatic heterocycles. The van der Waals surface area contributed by atoms with Crippen LogP contribution in [0.4, 0.5) is 10.2 Å². The minimum Gasteiger partial charge on any atom is -0.508 e. The summed E-state index contributed by atoms with van der Waals surface area (Å²) >= 11 is 13.4. The number of halogens is 3. The summed E-state index contributed by atoms with van der Waals surface area (Å²) in [4.78, 5) is 13.7. The molecular formula is C29H30Cl2FN5O2. The average Bonchev–Trinajstić information content (AvgIpc) is 3.31. The monoisotopic (exact) mass is 569 g/mol. The van der Waals surface area contributed by atoms with E-state index < -0.39 is 5.82 Å². The minimum absolute atomic E-state index is 0.0155. The highest BCUT2D eigenvalue weighted by molar-refractivity contribution is 6.38. The largest absolute Gasteiger partial charge is 0.508 e. The topological polar surface area (TPSA) is 73.8 Å². The molecule has 2 N–H and O–H groups in total. The summed E-state index contributed by atoms with van der Waals surface area (Å²) in [5.74, 6) is -0.0357. The molecule has 0 spiro atoms. The average molecular weight is 570 g/mol. The third kappa shape index (κ3) is 4.95. The first-order valence-electron chi connectivity index (χ1n) is 13.2. The number of fused-ring (bicyclic) bond motifs is 2. The van der Waals surface area contributed by atoms with Gasteiger partial charge < -0.3 is 25.0 Å². The lowest BCUT2D eigenvalue weighted by Crippen LogP contribution is -2.49. The van der Waals surface area contributed by atoms with E-state index in [-0.39, 0.29) is 39.9 Å². The summed E-state index contributed by atoms with van der Waals surface area (Å²) in [5.41, 5.74) is 0.632. The molecule has 10 heteroatoms. The number of aromatic nitrogens is 2. The number of nitrogens with one attached hydrogen (secondary N) is 1. The zero-order valence-corrected chi connectivity index (χ0v) is 23.4. The van der Waals surface area contributed by atoms with E-state index in [0.717, 1.165) is 25.9 Å².